The van der Waals surface area contributed by atoms with Gasteiger partial charge < -0.3 is 4.98 Å². The van der Waals surface area contributed by atoms with Crippen molar-refractivity contribution in [2.45, 2.75) is 0 Å². The lowest BCUT2D eigenvalue weighted by Gasteiger charge is -1.97. The van der Waals surface area contributed by atoms with Crippen LogP contribution in [0.3, 0.4) is 0 Å². The van der Waals surface area contributed by atoms with E-state index in [1.54, 1.807) is 0 Å². The Morgan fingerprint density at radius 3 is 2.93 bits per heavy atom. The van der Waals surface area contributed by atoms with Gasteiger partial charge in [0, 0.05) is 17.8 Å². The van der Waals surface area contributed by atoms with E-state index in [9.17, 15) is 0 Å². The summed E-state index contributed by atoms with van der Waals surface area (Å²) in [5.41, 5.74) is 2.22. The van der Waals surface area contributed by atoms with Gasteiger partial charge in [-0.2, -0.15) is 0 Å². The van der Waals surface area contributed by atoms with Crippen molar-refractivity contribution in [2.75, 3.05) is 0 Å². The zero-order valence-electron chi connectivity index (χ0n) is 7.40. The van der Waals surface area contributed by atoms with Gasteiger partial charge in [-0.05, 0) is 23.6 Å². The SMILES string of the molecule is F.c1c[nH]c2c(c1)ccc1nccc12. The number of pyridine rings is 1. The summed E-state index contributed by atoms with van der Waals surface area (Å²) in [6.45, 7) is 0. The molecule has 0 aliphatic heterocycles. The lowest BCUT2D eigenvalue weighted by Crippen LogP contribution is -1.77. The van der Waals surface area contributed by atoms with Crippen LogP contribution >= 0.6 is 0 Å². The molecule has 0 amide bonds. The molecule has 0 aliphatic carbocycles. The average molecular weight is 188 g/mol. The molecule has 2 aromatic heterocycles. The first-order valence-electron chi connectivity index (χ1n) is 4.26. The van der Waals surface area contributed by atoms with Crippen molar-refractivity contribution < 1.29 is 4.70 Å². The van der Waals surface area contributed by atoms with E-state index in [4.69, 9.17) is 0 Å². The highest BCUT2D eigenvalue weighted by atomic mass is 19.0. The maximum atomic E-state index is 4.25. The number of H-pyrrole nitrogens is 1. The van der Waals surface area contributed by atoms with E-state index in [1.165, 1.54) is 10.8 Å². The number of nitrogens with zero attached hydrogens (tertiary/aromatic N) is 1. The van der Waals surface area contributed by atoms with Crippen molar-refractivity contribution in [3.63, 3.8) is 0 Å². The van der Waals surface area contributed by atoms with E-state index in [0.717, 1.165) is 11.0 Å². The first-order chi connectivity index (χ1) is 6.45. The van der Waals surface area contributed by atoms with Gasteiger partial charge in [-0.3, -0.25) is 9.69 Å². The third kappa shape index (κ3) is 1.06. The minimum Gasteiger partial charge on any atom is -0.361 e. The van der Waals surface area contributed by atoms with E-state index in [1.807, 2.05) is 30.6 Å². The number of benzene rings is 1. The normalized spacial score (nSPS) is 10.3. The highest BCUT2D eigenvalue weighted by Crippen LogP contribution is 2.21. The zero-order chi connectivity index (χ0) is 8.67. The Hall–Kier alpha value is -1.90. The summed E-state index contributed by atoms with van der Waals surface area (Å²) in [6, 6.07) is 10.3. The summed E-state index contributed by atoms with van der Waals surface area (Å²) in [4.78, 5) is 7.49. The van der Waals surface area contributed by atoms with E-state index < -0.39 is 0 Å². The van der Waals surface area contributed by atoms with Crippen LogP contribution in [0.4, 0.5) is 4.70 Å². The molecule has 1 aromatic carbocycles. The third-order valence-electron chi connectivity index (χ3n) is 2.31. The summed E-state index contributed by atoms with van der Waals surface area (Å²) in [5, 5.41) is 2.42. The number of hydrogen-bond acceptors (Lipinski definition) is 1. The summed E-state index contributed by atoms with van der Waals surface area (Å²) < 4.78 is 0. The van der Waals surface area contributed by atoms with Crippen molar-refractivity contribution in [3.05, 3.63) is 42.7 Å². The molecule has 0 saturated carbocycles. The van der Waals surface area contributed by atoms with Crippen molar-refractivity contribution in [3.8, 4) is 0 Å². The minimum atomic E-state index is 0. The lowest BCUT2D eigenvalue weighted by molar-refractivity contribution is 1.11. The van der Waals surface area contributed by atoms with Crippen molar-refractivity contribution >= 4 is 21.8 Å². The van der Waals surface area contributed by atoms with Crippen molar-refractivity contribution in [2.24, 2.45) is 0 Å². The fourth-order valence-electron chi connectivity index (χ4n) is 1.68. The molecule has 70 valence electrons. The average Bonchev–Trinajstić information content (AvgIpc) is 2.65. The van der Waals surface area contributed by atoms with Crippen LogP contribution in [-0.4, -0.2) is 9.97 Å². The lowest BCUT2D eigenvalue weighted by atomic mass is 10.1. The standard InChI is InChI=1S/C11H8N2.FH/c1-2-8-3-4-10-9(5-7-12-10)11(8)13-6-1;/h1-7,13H;1H. The van der Waals surface area contributed by atoms with Gasteiger partial charge in [0.25, 0.3) is 0 Å². The molecule has 3 heteroatoms. The largest absolute Gasteiger partial charge is 0.361 e. The summed E-state index contributed by atoms with van der Waals surface area (Å²) in [7, 11) is 0. The van der Waals surface area contributed by atoms with Crippen LogP contribution in [0.5, 0.6) is 0 Å². The Balaban J connectivity index is 0.000000750. The van der Waals surface area contributed by atoms with E-state index in [0.29, 0.717) is 0 Å². The van der Waals surface area contributed by atoms with Gasteiger partial charge in [0.05, 0.1) is 11.0 Å². The number of hydrogen-bond donors (Lipinski definition) is 1. The van der Waals surface area contributed by atoms with Gasteiger partial charge in [-0.1, -0.05) is 12.1 Å². The fourth-order valence-corrected chi connectivity index (χ4v) is 1.68. The van der Waals surface area contributed by atoms with Crippen LogP contribution < -0.4 is 0 Å². The molecule has 2 heterocycles. The van der Waals surface area contributed by atoms with Gasteiger partial charge in [-0.25, -0.2) is 0 Å². The predicted molar refractivity (Wildman–Crippen MR) is 56.1 cm³/mol. The Bertz CT molecular complexity index is 571. The molecule has 3 rings (SSSR count). The zero-order valence-corrected chi connectivity index (χ0v) is 7.40. The summed E-state index contributed by atoms with van der Waals surface area (Å²) >= 11 is 0. The second-order valence-corrected chi connectivity index (χ2v) is 3.08. The molecule has 1 N–H and O–H groups in total. The van der Waals surface area contributed by atoms with Crippen LogP contribution in [0.15, 0.2) is 42.7 Å². The van der Waals surface area contributed by atoms with Crippen LogP contribution in [0, 0.1) is 0 Å². The van der Waals surface area contributed by atoms with Crippen molar-refractivity contribution in [1.82, 2.24) is 9.97 Å². The van der Waals surface area contributed by atoms with Gasteiger partial charge in [-0.15, -0.1) is 0 Å². The number of fused-ring (bicyclic) bond motifs is 3. The number of nitrogens with one attached hydrogen (secondary N) is 1. The number of aromatic nitrogens is 2. The minimum absolute atomic E-state index is 0. The molecule has 0 unspecified atom stereocenters. The molecule has 0 saturated heterocycles. The molecule has 3 aromatic rings. The quantitative estimate of drug-likeness (QED) is 0.577. The highest BCUT2D eigenvalue weighted by Gasteiger charge is 1.99. The molecular weight excluding hydrogens is 179 g/mol. The number of rotatable bonds is 0. The molecule has 0 bridgehead atoms. The van der Waals surface area contributed by atoms with E-state index in [2.05, 4.69) is 22.1 Å². The van der Waals surface area contributed by atoms with Crippen molar-refractivity contribution in [1.29, 1.82) is 0 Å². The molecule has 0 fully saturated rings. The molecular formula is C11H9FN2. The topological polar surface area (TPSA) is 28.7 Å². The molecule has 0 atom stereocenters. The first kappa shape index (κ1) is 8.69. The van der Waals surface area contributed by atoms with E-state index in [-0.39, 0.29) is 4.70 Å². The third-order valence-corrected chi connectivity index (χ3v) is 2.31. The molecule has 2 nitrogen and oxygen atoms in total. The summed E-state index contributed by atoms with van der Waals surface area (Å²) in [5.74, 6) is 0. The van der Waals surface area contributed by atoms with Crippen LogP contribution in [0.1, 0.15) is 0 Å². The second-order valence-electron chi connectivity index (χ2n) is 3.08. The number of aromatic amines is 1. The summed E-state index contributed by atoms with van der Waals surface area (Å²) in [6.07, 6.45) is 3.78. The van der Waals surface area contributed by atoms with Gasteiger partial charge in [0.15, 0.2) is 0 Å². The van der Waals surface area contributed by atoms with Crippen LogP contribution in [0.2, 0.25) is 0 Å². The smallest absolute Gasteiger partial charge is 0.0723 e. The first-order valence-corrected chi connectivity index (χ1v) is 4.26. The molecule has 14 heavy (non-hydrogen) atoms. The Kier molecular flexibility index (Phi) is 1.93. The predicted octanol–water partition coefficient (Wildman–Crippen LogP) is 2.87. The maximum Gasteiger partial charge on any atom is 0.0723 e. The van der Waals surface area contributed by atoms with Crippen LogP contribution in [0.25, 0.3) is 21.8 Å². The van der Waals surface area contributed by atoms with E-state index >= 15 is 0 Å². The maximum absolute atomic E-state index is 4.25. The Labute approximate surface area is 80.0 Å². The molecule has 0 spiro atoms. The molecule has 0 aliphatic rings. The van der Waals surface area contributed by atoms with Gasteiger partial charge >= 0.3 is 0 Å². The van der Waals surface area contributed by atoms with Gasteiger partial charge in [0.1, 0.15) is 0 Å². The Morgan fingerprint density at radius 2 is 2.00 bits per heavy atom. The monoisotopic (exact) mass is 188 g/mol. The van der Waals surface area contributed by atoms with Gasteiger partial charge in [0.2, 0.25) is 0 Å². The second kappa shape index (κ2) is 3.10. The van der Waals surface area contributed by atoms with Crippen LogP contribution in [-0.2, 0) is 0 Å². The fraction of sp³-hybridized carbons (Fsp3) is 0. The Morgan fingerprint density at radius 1 is 1.07 bits per heavy atom. The number of halogens is 1. The highest BCUT2D eigenvalue weighted by molar-refractivity contribution is 6.03. The molecule has 0 radical (unpaired) electrons.